The number of hydrogen-bond acceptors (Lipinski definition) is 5. The van der Waals surface area contributed by atoms with E-state index in [0.717, 1.165) is 30.7 Å². The Hall–Kier alpha value is -2.21. The van der Waals surface area contributed by atoms with E-state index in [1.54, 1.807) is 18.3 Å². The number of nitro benzene ring substituents is 1. The van der Waals surface area contributed by atoms with Crippen molar-refractivity contribution in [2.75, 3.05) is 32.0 Å². The van der Waals surface area contributed by atoms with Crippen LogP contribution < -0.4 is 5.32 Å². The summed E-state index contributed by atoms with van der Waals surface area (Å²) in [6.45, 7) is 4.80. The van der Waals surface area contributed by atoms with E-state index < -0.39 is 0 Å². The van der Waals surface area contributed by atoms with E-state index in [-0.39, 0.29) is 10.6 Å². The van der Waals surface area contributed by atoms with Gasteiger partial charge in [-0.1, -0.05) is 6.92 Å². The van der Waals surface area contributed by atoms with Crippen LogP contribution in [0, 0.1) is 10.1 Å². The maximum Gasteiger partial charge on any atom is 0.278 e. The molecule has 0 unspecified atom stereocenters. The maximum atomic E-state index is 11.0. The van der Waals surface area contributed by atoms with E-state index in [1.807, 2.05) is 0 Å². The van der Waals surface area contributed by atoms with Crippen LogP contribution in [0.3, 0.4) is 0 Å². The average Bonchev–Trinajstić information content (AvgIpc) is 2.46. The Morgan fingerprint density at radius 3 is 2.85 bits per heavy atom. The first-order chi connectivity index (χ1) is 9.63. The summed E-state index contributed by atoms with van der Waals surface area (Å²) in [5.74, 6) is 0. The van der Waals surface area contributed by atoms with Crippen LogP contribution in [0.25, 0.3) is 10.8 Å². The lowest BCUT2D eigenvalue weighted by atomic mass is 10.1. The number of likely N-dealkylation sites (N-methyl/N-ethyl adjacent to an activating group) is 1. The maximum absolute atomic E-state index is 11.0. The first kappa shape index (κ1) is 14.2. The van der Waals surface area contributed by atoms with Gasteiger partial charge in [-0.25, -0.2) is 0 Å². The Labute approximate surface area is 117 Å². The highest BCUT2D eigenvalue weighted by Gasteiger charge is 2.13. The molecule has 106 valence electrons. The van der Waals surface area contributed by atoms with Gasteiger partial charge in [0.25, 0.3) is 5.69 Å². The molecule has 0 bridgehead atoms. The lowest BCUT2D eigenvalue weighted by molar-refractivity contribution is -0.383. The molecule has 6 heteroatoms. The Morgan fingerprint density at radius 2 is 2.15 bits per heavy atom. The number of nitro groups is 1. The highest BCUT2D eigenvalue weighted by molar-refractivity contribution is 5.99. The van der Waals surface area contributed by atoms with Crippen molar-refractivity contribution in [1.82, 2.24) is 9.88 Å². The molecular weight excluding hydrogens is 256 g/mol. The Kier molecular flexibility index (Phi) is 4.47. The van der Waals surface area contributed by atoms with Gasteiger partial charge in [-0.2, -0.15) is 0 Å². The molecule has 0 saturated carbocycles. The molecule has 1 aromatic heterocycles. The van der Waals surface area contributed by atoms with E-state index in [1.165, 1.54) is 12.3 Å². The molecule has 6 nitrogen and oxygen atoms in total. The molecular formula is C14H18N4O2. The number of fused-ring (bicyclic) bond motifs is 1. The SMILES string of the molecule is CCN(C)CCNc1ccc([N+](=O)[O-])c2cnccc12. The van der Waals surface area contributed by atoms with Gasteiger partial charge in [-0.15, -0.1) is 0 Å². The summed E-state index contributed by atoms with van der Waals surface area (Å²) in [4.78, 5) is 16.8. The molecule has 0 aliphatic carbocycles. The molecule has 1 N–H and O–H groups in total. The molecule has 20 heavy (non-hydrogen) atoms. The zero-order chi connectivity index (χ0) is 14.5. The highest BCUT2D eigenvalue weighted by atomic mass is 16.6. The van der Waals surface area contributed by atoms with Crippen molar-refractivity contribution in [2.45, 2.75) is 6.92 Å². The van der Waals surface area contributed by atoms with Gasteiger partial charge >= 0.3 is 0 Å². The van der Waals surface area contributed by atoms with Gasteiger partial charge in [0.15, 0.2) is 0 Å². The first-order valence-electron chi connectivity index (χ1n) is 6.57. The summed E-state index contributed by atoms with van der Waals surface area (Å²) >= 11 is 0. The van der Waals surface area contributed by atoms with E-state index in [9.17, 15) is 10.1 Å². The van der Waals surface area contributed by atoms with Crippen LogP contribution in [0.1, 0.15) is 6.92 Å². The topological polar surface area (TPSA) is 71.3 Å². The fraction of sp³-hybridized carbons (Fsp3) is 0.357. The monoisotopic (exact) mass is 274 g/mol. The molecule has 1 heterocycles. The summed E-state index contributed by atoms with van der Waals surface area (Å²) in [6, 6.07) is 5.08. The van der Waals surface area contributed by atoms with Gasteiger partial charge in [0.1, 0.15) is 0 Å². The average molecular weight is 274 g/mol. The predicted molar refractivity (Wildman–Crippen MR) is 80.1 cm³/mol. The molecule has 2 rings (SSSR count). The molecule has 0 spiro atoms. The second-order valence-corrected chi connectivity index (χ2v) is 4.63. The summed E-state index contributed by atoms with van der Waals surface area (Å²) in [5.41, 5.74) is 0.988. The lowest BCUT2D eigenvalue weighted by Crippen LogP contribution is -2.24. The molecule has 2 aromatic rings. The number of non-ortho nitro benzene ring substituents is 1. The summed E-state index contributed by atoms with van der Waals surface area (Å²) in [6.07, 6.45) is 3.19. The van der Waals surface area contributed by atoms with E-state index >= 15 is 0 Å². The molecule has 1 aromatic carbocycles. The molecule has 0 aliphatic heterocycles. The van der Waals surface area contributed by atoms with Crippen LogP contribution in [0.4, 0.5) is 11.4 Å². The van der Waals surface area contributed by atoms with Gasteiger partial charge in [-0.3, -0.25) is 15.1 Å². The fourth-order valence-corrected chi connectivity index (χ4v) is 2.03. The fourth-order valence-electron chi connectivity index (χ4n) is 2.03. The minimum Gasteiger partial charge on any atom is -0.383 e. The molecule has 0 atom stereocenters. The van der Waals surface area contributed by atoms with E-state index in [0.29, 0.717) is 5.39 Å². The zero-order valence-corrected chi connectivity index (χ0v) is 11.7. The van der Waals surface area contributed by atoms with Crippen LogP contribution in [-0.2, 0) is 0 Å². The second-order valence-electron chi connectivity index (χ2n) is 4.63. The van der Waals surface area contributed by atoms with Crippen molar-refractivity contribution in [2.24, 2.45) is 0 Å². The number of anilines is 1. The smallest absolute Gasteiger partial charge is 0.278 e. The van der Waals surface area contributed by atoms with Gasteiger partial charge in [0.05, 0.1) is 10.3 Å². The van der Waals surface area contributed by atoms with E-state index in [2.05, 4.69) is 29.2 Å². The van der Waals surface area contributed by atoms with Crippen molar-refractivity contribution >= 4 is 22.1 Å². The summed E-state index contributed by atoms with van der Waals surface area (Å²) in [7, 11) is 2.06. The minimum absolute atomic E-state index is 0.0873. The molecule has 0 saturated heterocycles. The summed E-state index contributed by atoms with van der Waals surface area (Å²) in [5, 5.41) is 15.7. The quantitative estimate of drug-likeness (QED) is 0.647. The Balaban J connectivity index is 2.27. The van der Waals surface area contributed by atoms with Crippen LogP contribution in [-0.4, -0.2) is 41.5 Å². The van der Waals surface area contributed by atoms with Crippen molar-refractivity contribution in [3.8, 4) is 0 Å². The Bertz CT molecular complexity index is 615. The predicted octanol–water partition coefficient (Wildman–Crippen LogP) is 2.51. The second kappa shape index (κ2) is 6.29. The third kappa shape index (κ3) is 3.03. The number of hydrogen-bond donors (Lipinski definition) is 1. The molecule has 0 fully saturated rings. The number of nitrogens with one attached hydrogen (secondary N) is 1. The van der Waals surface area contributed by atoms with Crippen LogP contribution >= 0.6 is 0 Å². The third-order valence-corrected chi connectivity index (χ3v) is 3.34. The number of aromatic nitrogens is 1. The standard InChI is InChI=1S/C14H18N4O2/c1-3-17(2)9-8-16-13-4-5-14(18(19)20)12-10-15-7-6-11(12)13/h4-7,10,16H,3,8-9H2,1-2H3. The zero-order valence-electron chi connectivity index (χ0n) is 11.7. The number of pyridine rings is 1. The lowest BCUT2D eigenvalue weighted by Gasteiger charge is -2.15. The molecule has 0 aliphatic rings. The van der Waals surface area contributed by atoms with Crippen LogP contribution in [0.15, 0.2) is 30.6 Å². The molecule has 0 radical (unpaired) electrons. The van der Waals surface area contributed by atoms with E-state index in [4.69, 9.17) is 0 Å². The van der Waals surface area contributed by atoms with Gasteiger partial charge in [0.2, 0.25) is 0 Å². The number of rotatable bonds is 6. The van der Waals surface area contributed by atoms with Crippen LogP contribution in [0.2, 0.25) is 0 Å². The van der Waals surface area contributed by atoms with Crippen molar-refractivity contribution in [3.63, 3.8) is 0 Å². The largest absolute Gasteiger partial charge is 0.383 e. The van der Waals surface area contributed by atoms with Crippen molar-refractivity contribution in [3.05, 3.63) is 40.7 Å². The van der Waals surface area contributed by atoms with Gasteiger partial charge < -0.3 is 10.2 Å². The van der Waals surface area contributed by atoms with Crippen molar-refractivity contribution in [1.29, 1.82) is 0 Å². The number of nitrogens with zero attached hydrogens (tertiary/aromatic N) is 3. The van der Waals surface area contributed by atoms with Crippen LogP contribution in [0.5, 0.6) is 0 Å². The van der Waals surface area contributed by atoms with Gasteiger partial charge in [0, 0.05) is 42.6 Å². The summed E-state index contributed by atoms with van der Waals surface area (Å²) < 4.78 is 0. The Morgan fingerprint density at radius 1 is 1.35 bits per heavy atom. The third-order valence-electron chi connectivity index (χ3n) is 3.34. The van der Waals surface area contributed by atoms with Crippen molar-refractivity contribution < 1.29 is 4.92 Å². The molecule has 0 amide bonds. The first-order valence-corrected chi connectivity index (χ1v) is 6.57. The van der Waals surface area contributed by atoms with Gasteiger partial charge in [-0.05, 0) is 25.7 Å². The minimum atomic E-state index is -0.376. The highest BCUT2D eigenvalue weighted by Crippen LogP contribution is 2.30. The number of benzene rings is 1. The normalized spacial score (nSPS) is 10.9.